The second-order valence-electron chi connectivity index (χ2n) is 6.81. The normalized spacial score (nSPS) is 19.9. The minimum atomic E-state index is -0.191. The molecule has 3 aromatic rings. The van der Waals surface area contributed by atoms with Gasteiger partial charge >= 0.3 is 0 Å². The van der Waals surface area contributed by atoms with Gasteiger partial charge in [-0.1, -0.05) is 42.5 Å². The fourth-order valence-corrected chi connectivity index (χ4v) is 5.25. The lowest BCUT2D eigenvalue weighted by molar-refractivity contribution is 0.0935. The smallest absolute Gasteiger partial charge is 0.256 e. The van der Waals surface area contributed by atoms with Gasteiger partial charge in [-0.2, -0.15) is 0 Å². The van der Waals surface area contributed by atoms with Crippen molar-refractivity contribution in [1.29, 1.82) is 0 Å². The summed E-state index contributed by atoms with van der Waals surface area (Å²) in [5, 5.41) is 10.1. The van der Waals surface area contributed by atoms with Crippen LogP contribution in [0.1, 0.15) is 32.5 Å². The van der Waals surface area contributed by atoms with Gasteiger partial charge in [0.15, 0.2) is 0 Å². The molecule has 1 aromatic heterocycles. The highest BCUT2D eigenvalue weighted by atomic mass is 32.1. The first kappa shape index (κ1) is 14.9. The summed E-state index contributed by atoms with van der Waals surface area (Å²) < 4.78 is 0. The van der Waals surface area contributed by atoms with E-state index in [2.05, 4.69) is 52.9 Å². The quantitative estimate of drug-likeness (QED) is 0.703. The van der Waals surface area contributed by atoms with E-state index in [4.69, 9.17) is 0 Å². The molecule has 5 heteroatoms. The molecule has 0 spiro atoms. The Labute approximate surface area is 150 Å². The summed E-state index contributed by atoms with van der Waals surface area (Å²) in [4.78, 5) is 16.5. The number of fused-ring (bicyclic) bond motifs is 4. The maximum absolute atomic E-state index is 12.9. The number of hydrogen-bond donors (Lipinski definition) is 2. The molecular formula is C20H19N3OS. The number of carbonyl (C=O) groups is 1. The molecule has 0 aliphatic carbocycles. The lowest BCUT2D eigenvalue weighted by Crippen LogP contribution is -2.38. The molecular weight excluding hydrogens is 330 g/mol. The molecule has 0 fully saturated rings. The number of carbonyl (C=O) groups excluding carboxylic acids is 1. The van der Waals surface area contributed by atoms with Crippen molar-refractivity contribution in [1.82, 2.24) is 10.2 Å². The van der Waals surface area contributed by atoms with Crippen LogP contribution in [0.5, 0.6) is 0 Å². The summed E-state index contributed by atoms with van der Waals surface area (Å²) in [5.74, 6) is 0.0498. The van der Waals surface area contributed by atoms with Crippen molar-refractivity contribution in [2.24, 2.45) is 0 Å². The molecule has 2 N–H and O–H groups in total. The van der Waals surface area contributed by atoms with Crippen molar-refractivity contribution in [3.05, 3.63) is 64.0 Å². The highest BCUT2D eigenvalue weighted by Crippen LogP contribution is 2.41. The van der Waals surface area contributed by atoms with E-state index in [0.29, 0.717) is 0 Å². The van der Waals surface area contributed by atoms with Gasteiger partial charge in [0.1, 0.15) is 11.2 Å². The zero-order valence-electron chi connectivity index (χ0n) is 14.0. The van der Waals surface area contributed by atoms with Crippen LogP contribution in [0.4, 0.5) is 5.00 Å². The molecule has 1 atom stereocenters. The van der Waals surface area contributed by atoms with E-state index >= 15 is 0 Å². The summed E-state index contributed by atoms with van der Waals surface area (Å²) in [6.45, 7) is 1.94. The average Bonchev–Trinajstić information content (AvgIpc) is 2.99. The Balaban J connectivity index is 1.58. The van der Waals surface area contributed by atoms with Crippen molar-refractivity contribution in [3.8, 4) is 0 Å². The Bertz CT molecular complexity index is 989. The Morgan fingerprint density at radius 1 is 1.12 bits per heavy atom. The highest BCUT2D eigenvalue weighted by Gasteiger charge is 2.33. The molecule has 0 bridgehead atoms. The standard InChI is InChI=1S/C20H19N3OS/c1-23-10-9-15-16(11-23)25-20-17(15)19(24)21-18(22-20)14-8-4-6-12-5-2-3-7-13(12)14/h2-8,18,22H,9-11H2,1H3,(H,21,24)/t18-/m1/s1. The fourth-order valence-electron chi connectivity index (χ4n) is 3.90. The van der Waals surface area contributed by atoms with Gasteiger partial charge in [0.05, 0.1) is 5.56 Å². The van der Waals surface area contributed by atoms with Crippen LogP contribution >= 0.6 is 11.3 Å². The van der Waals surface area contributed by atoms with E-state index in [1.165, 1.54) is 21.2 Å². The van der Waals surface area contributed by atoms with E-state index in [1.54, 1.807) is 11.3 Å². The van der Waals surface area contributed by atoms with Gasteiger partial charge in [0.25, 0.3) is 5.91 Å². The van der Waals surface area contributed by atoms with E-state index in [1.807, 2.05) is 12.1 Å². The fraction of sp³-hybridized carbons (Fsp3) is 0.250. The Morgan fingerprint density at radius 2 is 1.96 bits per heavy atom. The Hall–Kier alpha value is -2.37. The Morgan fingerprint density at radius 3 is 2.88 bits per heavy atom. The third kappa shape index (κ3) is 2.34. The first-order chi connectivity index (χ1) is 12.2. The zero-order valence-corrected chi connectivity index (χ0v) is 14.8. The summed E-state index contributed by atoms with van der Waals surface area (Å²) in [5.41, 5.74) is 3.21. The molecule has 126 valence electrons. The molecule has 0 radical (unpaired) electrons. The minimum absolute atomic E-state index is 0.0498. The van der Waals surface area contributed by atoms with Crippen LogP contribution in [0.3, 0.4) is 0 Å². The van der Waals surface area contributed by atoms with E-state index in [0.717, 1.165) is 35.6 Å². The molecule has 0 saturated carbocycles. The summed E-state index contributed by atoms with van der Waals surface area (Å²) >= 11 is 1.74. The maximum Gasteiger partial charge on any atom is 0.256 e. The second-order valence-corrected chi connectivity index (χ2v) is 7.92. The summed E-state index contributed by atoms with van der Waals surface area (Å²) in [7, 11) is 2.13. The van der Waals surface area contributed by atoms with Crippen LogP contribution in [-0.4, -0.2) is 24.4 Å². The number of thiophene rings is 1. The Kier molecular flexibility index (Phi) is 3.33. The van der Waals surface area contributed by atoms with Crippen LogP contribution in [0, 0.1) is 0 Å². The topological polar surface area (TPSA) is 44.4 Å². The van der Waals surface area contributed by atoms with Gasteiger partial charge in [-0.05, 0) is 29.8 Å². The van der Waals surface area contributed by atoms with Crippen LogP contribution in [-0.2, 0) is 13.0 Å². The number of anilines is 1. The monoisotopic (exact) mass is 349 g/mol. The average molecular weight is 349 g/mol. The van der Waals surface area contributed by atoms with Crippen LogP contribution < -0.4 is 10.6 Å². The number of hydrogen-bond acceptors (Lipinski definition) is 4. The number of rotatable bonds is 1. The predicted molar refractivity (Wildman–Crippen MR) is 102 cm³/mol. The van der Waals surface area contributed by atoms with Crippen molar-refractivity contribution in [3.63, 3.8) is 0 Å². The third-order valence-electron chi connectivity index (χ3n) is 5.16. The molecule has 25 heavy (non-hydrogen) atoms. The van der Waals surface area contributed by atoms with Crippen LogP contribution in [0.2, 0.25) is 0 Å². The zero-order chi connectivity index (χ0) is 17.0. The molecule has 2 aromatic carbocycles. The molecule has 0 unspecified atom stereocenters. The number of amides is 1. The van der Waals surface area contributed by atoms with E-state index < -0.39 is 0 Å². The number of likely N-dealkylation sites (N-methyl/N-ethyl adjacent to an activating group) is 1. The van der Waals surface area contributed by atoms with E-state index in [-0.39, 0.29) is 12.1 Å². The first-order valence-electron chi connectivity index (χ1n) is 8.59. The number of nitrogens with one attached hydrogen (secondary N) is 2. The van der Waals surface area contributed by atoms with Crippen molar-refractivity contribution in [2.45, 2.75) is 19.1 Å². The first-order valence-corrected chi connectivity index (χ1v) is 9.40. The lowest BCUT2D eigenvalue weighted by Gasteiger charge is -2.28. The molecule has 3 heterocycles. The molecule has 0 saturated heterocycles. The summed E-state index contributed by atoms with van der Waals surface area (Å²) in [6.07, 6.45) is 0.759. The van der Waals surface area contributed by atoms with E-state index in [9.17, 15) is 4.79 Å². The van der Waals surface area contributed by atoms with Crippen molar-refractivity contribution in [2.75, 3.05) is 18.9 Å². The van der Waals surface area contributed by atoms with Gasteiger partial charge in [0, 0.05) is 23.5 Å². The molecule has 2 aliphatic rings. The lowest BCUT2D eigenvalue weighted by atomic mass is 9.98. The molecule has 5 rings (SSSR count). The van der Waals surface area contributed by atoms with Crippen molar-refractivity contribution >= 4 is 33.0 Å². The molecule has 4 nitrogen and oxygen atoms in total. The van der Waals surface area contributed by atoms with Crippen LogP contribution in [0.25, 0.3) is 10.8 Å². The summed E-state index contributed by atoms with van der Waals surface area (Å²) in [6, 6.07) is 14.6. The molecule has 2 aliphatic heterocycles. The minimum Gasteiger partial charge on any atom is -0.353 e. The maximum atomic E-state index is 12.9. The van der Waals surface area contributed by atoms with Crippen LogP contribution in [0.15, 0.2) is 42.5 Å². The SMILES string of the molecule is CN1CCc2c(sc3c2C(=O)N[C@@H](c2cccc4ccccc24)N3)C1. The second kappa shape index (κ2) is 5.58. The van der Waals surface area contributed by atoms with Gasteiger partial charge in [0.2, 0.25) is 0 Å². The predicted octanol–water partition coefficient (Wildman–Crippen LogP) is 3.74. The van der Waals surface area contributed by atoms with Gasteiger partial charge < -0.3 is 15.5 Å². The van der Waals surface area contributed by atoms with Gasteiger partial charge in [-0.25, -0.2) is 0 Å². The van der Waals surface area contributed by atoms with Gasteiger partial charge in [-0.15, -0.1) is 11.3 Å². The molecule has 1 amide bonds. The third-order valence-corrected chi connectivity index (χ3v) is 6.31. The number of nitrogens with zero attached hydrogens (tertiary/aromatic N) is 1. The highest BCUT2D eigenvalue weighted by molar-refractivity contribution is 7.16. The number of benzene rings is 2. The van der Waals surface area contributed by atoms with Crippen molar-refractivity contribution < 1.29 is 4.79 Å². The largest absolute Gasteiger partial charge is 0.353 e. The van der Waals surface area contributed by atoms with Gasteiger partial charge in [-0.3, -0.25) is 4.79 Å².